The number of likely N-dealkylation sites (N-methyl/N-ethyl adjacent to an activating group) is 1. The van der Waals surface area contributed by atoms with Crippen molar-refractivity contribution >= 4 is 45.9 Å². The summed E-state index contributed by atoms with van der Waals surface area (Å²) in [5.74, 6) is -5.34. The van der Waals surface area contributed by atoms with E-state index in [2.05, 4.69) is 20.6 Å². The van der Waals surface area contributed by atoms with Gasteiger partial charge in [-0.2, -0.15) is 31.3 Å². The lowest BCUT2D eigenvalue weighted by Crippen LogP contribution is -2.50. The normalized spacial score (nSPS) is 18.1. The predicted octanol–water partition coefficient (Wildman–Crippen LogP) is 4.42. The number of amides is 1. The monoisotopic (exact) mass is 592 g/mol. The molecule has 3 heterocycles. The Hall–Kier alpha value is -3.75. The molecule has 9 nitrogen and oxygen atoms in total. The second kappa shape index (κ2) is 11.0. The predicted molar refractivity (Wildman–Crippen MR) is 135 cm³/mol. The van der Waals surface area contributed by atoms with Crippen molar-refractivity contribution < 1.29 is 35.9 Å². The molecule has 2 N–H and O–H groups in total. The van der Waals surface area contributed by atoms with Crippen molar-refractivity contribution in [2.24, 2.45) is 18.9 Å². The van der Waals surface area contributed by atoms with Gasteiger partial charge in [0.2, 0.25) is 5.95 Å². The number of aromatic nitrogens is 3. The van der Waals surface area contributed by atoms with E-state index in [9.17, 15) is 35.9 Å². The van der Waals surface area contributed by atoms with Crippen molar-refractivity contribution in [2.75, 3.05) is 37.0 Å². The van der Waals surface area contributed by atoms with Crippen molar-refractivity contribution in [3.05, 3.63) is 45.8 Å². The molecule has 1 aliphatic rings. The molecule has 2 atom stereocenters. The zero-order valence-electron chi connectivity index (χ0n) is 21.0. The number of rotatable bonds is 6. The second-order valence-electron chi connectivity index (χ2n) is 9.22. The van der Waals surface area contributed by atoms with E-state index in [1.807, 2.05) is 0 Å². The van der Waals surface area contributed by atoms with Crippen LogP contribution in [0.25, 0.3) is 10.9 Å². The highest BCUT2D eigenvalue weighted by Gasteiger charge is 2.52. The molecule has 0 bridgehead atoms. The summed E-state index contributed by atoms with van der Waals surface area (Å²) < 4.78 is 87.2. The Morgan fingerprint density at radius 3 is 2.38 bits per heavy atom. The first kappa shape index (κ1) is 29.2. The molecule has 1 amide bonds. The van der Waals surface area contributed by atoms with Crippen LogP contribution in [0.1, 0.15) is 6.42 Å². The lowest BCUT2D eigenvalue weighted by Gasteiger charge is -2.39. The topological polar surface area (TPSA) is 101 Å². The molecule has 40 heavy (non-hydrogen) atoms. The summed E-state index contributed by atoms with van der Waals surface area (Å²) in [6.07, 6.45) is -9.65. The van der Waals surface area contributed by atoms with Gasteiger partial charge in [-0.15, -0.1) is 0 Å². The van der Waals surface area contributed by atoms with Gasteiger partial charge in [-0.3, -0.25) is 9.59 Å². The molecule has 2 aromatic heterocycles. The maximum absolute atomic E-state index is 13.4. The van der Waals surface area contributed by atoms with Crippen molar-refractivity contribution in [1.29, 1.82) is 0 Å². The van der Waals surface area contributed by atoms with Crippen LogP contribution in [0.2, 0.25) is 5.02 Å². The highest BCUT2D eigenvalue weighted by molar-refractivity contribution is 6.32. The third-order valence-corrected chi connectivity index (χ3v) is 6.76. The number of nitrogens with one attached hydrogen (secondary N) is 2. The Morgan fingerprint density at radius 1 is 1.12 bits per heavy atom. The van der Waals surface area contributed by atoms with Crippen LogP contribution < -0.4 is 25.8 Å². The largest absolute Gasteiger partial charge is 0.478 e. The van der Waals surface area contributed by atoms with Gasteiger partial charge in [0.05, 0.1) is 23.5 Å². The van der Waals surface area contributed by atoms with Crippen LogP contribution in [0, 0.1) is 11.8 Å². The molecule has 4 rings (SSSR count). The van der Waals surface area contributed by atoms with E-state index in [1.165, 1.54) is 24.7 Å². The summed E-state index contributed by atoms with van der Waals surface area (Å²) in [7, 11) is 2.93. The van der Waals surface area contributed by atoms with Crippen LogP contribution in [0.3, 0.4) is 0 Å². The van der Waals surface area contributed by atoms with E-state index in [0.717, 1.165) is 11.1 Å². The fourth-order valence-corrected chi connectivity index (χ4v) is 4.46. The Bertz CT molecular complexity index is 1460. The van der Waals surface area contributed by atoms with Crippen LogP contribution in [0.15, 0.2) is 35.3 Å². The quantitative estimate of drug-likeness (QED) is 0.409. The molecule has 1 aromatic carbocycles. The number of piperidine rings is 1. The molecule has 3 aromatic rings. The maximum Gasteiger partial charge on any atom is 0.393 e. The first-order valence-corrected chi connectivity index (χ1v) is 12.2. The summed E-state index contributed by atoms with van der Waals surface area (Å²) in [5.41, 5.74) is 0.424. The zero-order chi connectivity index (χ0) is 29.4. The number of halogens is 7. The van der Waals surface area contributed by atoms with Gasteiger partial charge in [-0.05, 0) is 30.7 Å². The lowest BCUT2D eigenvalue weighted by molar-refractivity contribution is -0.214. The Balaban J connectivity index is 1.63. The number of fused-ring (bicyclic) bond motifs is 1. The Morgan fingerprint density at radius 2 is 1.77 bits per heavy atom. The van der Waals surface area contributed by atoms with Gasteiger partial charge in [0.25, 0.3) is 11.5 Å². The zero-order valence-corrected chi connectivity index (χ0v) is 21.8. The fourth-order valence-electron chi connectivity index (χ4n) is 4.32. The molecular weight excluding hydrogens is 570 g/mol. The average Bonchev–Trinajstić information content (AvgIpc) is 2.89. The van der Waals surface area contributed by atoms with Crippen molar-refractivity contribution in [3.63, 3.8) is 0 Å². The van der Waals surface area contributed by atoms with E-state index in [1.54, 1.807) is 18.2 Å². The van der Waals surface area contributed by atoms with Gasteiger partial charge < -0.3 is 24.8 Å². The Kier molecular flexibility index (Phi) is 8.06. The highest BCUT2D eigenvalue weighted by atomic mass is 35.5. The van der Waals surface area contributed by atoms with Gasteiger partial charge in [-0.1, -0.05) is 11.6 Å². The summed E-state index contributed by atoms with van der Waals surface area (Å²) in [6.45, 7) is -1.85. The SMILES string of the molecule is CNC(=O)COc1cc2cc(Nc3nc(N4C[C@@H](C(F)(F)F)C[C@H](C(F)(F)F)C4)ncc3Cl)ccc2n(C)c1=O. The molecule has 0 saturated carbocycles. The molecule has 16 heteroatoms. The molecule has 1 fully saturated rings. The molecule has 0 spiro atoms. The first-order valence-electron chi connectivity index (χ1n) is 11.8. The number of carbonyl (C=O) groups is 1. The van der Waals surface area contributed by atoms with Crippen LogP contribution >= 0.6 is 11.6 Å². The number of aryl methyl sites for hydroxylation is 1. The number of anilines is 3. The van der Waals surface area contributed by atoms with Gasteiger partial charge in [0, 0.05) is 38.3 Å². The first-order chi connectivity index (χ1) is 18.7. The summed E-state index contributed by atoms with van der Waals surface area (Å²) in [4.78, 5) is 33.0. The van der Waals surface area contributed by atoms with E-state index in [-0.39, 0.29) is 29.1 Å². The molecular formula is C24H23ClF6N6O3. The van der Waals surface area contributed by atoms with Crippen molar-refractivity contribution in [3.8, 4) is 5.75 Å². The highest BCUT2D eigenvalue weighted by Crippen LogP contribution is 2.42. The van der Waals surface area contributed by atoms with Crippen LogP contribution in [0.5, 0.6) is 5.75 Å². The third kappa shape index (κ3) is 6.35. The van der Waals surface area contributed by atoms with Crippen LogP contribution in [-0.4, -0.2) is 59.5 Å². The van der Waals surface area contributed by atoms with E-state index < -0.39 is 55.2 Å². The van der Waals surface area contributed by atoms with Crippen LogP contribution in [-0.2, 0) is 11.8 Å². The average molecular weight is 593 g/mol. The number of pyridine rings is 1. The second-order valence-corrected chi connectivity index (χ2v) is 9.62. The lowest BCUT2D eigenvalue weighted by atomic mass is 9.88. The Labute approximate surface area is 228 Å². The van der Waals surface area contributed by atoms with Crippen LogP contribution in [0.4, 0.5) is 43.8 Å². The minimum absolute atomic E-state index is 0.0318. The molecule has 1 aliphatic heterocycles. The molecule has 0 aliphatic carbocycles. The summed E-state index contributed by atoms with van der Waals surface area (Å²) in [6, 6.07) is 6.20. The molecule has 1 saturated heterocycles. The van der Waals surface area contributed by atoms with E-state index in [4.69, 9.17) is 16.3 Å². The number of alkyl halides is 6. The van der Waals surface area contributed by atoms with E-state index in [0.29, 0.717) is 16.6 Å². The third-order valence-electron chi connectivity index (χ3n) is 6.48. The van der Waals surface area contributed by atoms with Crippen molar-refractivity contribution in [1.82, 2.24) is 19.9 Å². The maximum atomic E-state index is 13.4. The number of hydrogen-bond donors (Lipinski definition) is 2. The molecule has 0 unspecified atom stereocenters. The molecule has 0 radical (unpaired) electrons. The molecule has 216 valence electrons. The van der Waals surface area contributed by atoms with Gasteiger partial charge in [0.15, 0.2) is 18.2 Å². The minimum Gasteiger partial charge on any atom is -0.478 e. The smallest absolute Gasteiger partial charge is 0.393 e. The number of benzene rings is 1. The minimum atomic E-state index is -4.83. The summed E-state index contributed by atoms with van der Waals surface area (Å²) >= 11 is 6.19. The number of hydrogen-bond acceptors (Lipinski definition) is 7. The summed E-state index contributed by atoms with van der Waals surface area (Å²) in [5, 5.41) is 5.75. The standard InChI is InChI=1S/C24H23ClF6N6O3/c1-32-19(38)11-40-18-6-12-5-15(3-4-17(12)36(2)21(18)39)34-20-16(25)8-33-22(35-20)37-9-13(23(26,27)28)7-14(10-37)24(29,30)31/h3-6,8,13-14H,7,9-11H2,1-2H3,(H,32,38)(H,33,34,35)/t13-,14-/m0/s1. The number of nitrogens with zero attached hydrogens (tertiary/aromatic N) is 4. The number of carbonyl (C=O) groups excluding carboxylic acids is 1. The van der Waals surface area contributed by atoms with E-state index >= 15 is 0 Å². The van der Waals surface area contributed by atoms with Gasteiger partial charge >= 0.3 is 12.4 Å². The van der Waals surface area contributed by atoms with Gasteiger partial charge in [0.1, 0.15) is 5.02 Å². The van der Waals surface area contributed by atoms with Crippen molar-refractivity contribution in [2.45, 2.75) is 18.8 Å². The van der Waals surface area contributed by atoms with Gasteiger partial charge in [-0.25, -0.2) is 4.98 Å². The number of ether oxygens (including phenoxy) is 1. The fraction of sp³-hybridized carbons (Fsp3) is 0.417.